The van der Waals surface area contributed by atoms with Crippen LogP contribution in [0.5, 0.6) is 0 Å². The number of thiol groups is 1. The van der Waals surface area contributed by atoms with Crippen LogP contribution in [0.2, 0.25) is 0 Å². The van der Waals surface area contributed by atoms with Gasteiger partial charge in [0, 0.05) is 76.3 Å². The molecule has 3 aliphatic rings. The van der Waals surface area contributed by atoms with Gasteiger partial charge in [-0.25, -0.2) is 0 Å². The van der Waals surface area contributed by atoms with Crippen LogP contribution < -0.4 is 16.0 Å². The van der Waals surface area contributed by atoms with E-state index in [-0.39, 0.29) is 60.9 Å². The summed E-state index contributed by atoms with van der Waals surface area (Å²) >= 11 is 4.61. The molecule has 1 aromatic heterocycles. The normalized spacial score (nSPS) is 28.9. The zero-order chi connectivity index (χ0) is 33.2. The molecule has 12 heteroatoms. The van der Waals surface area contributed by atoms with E-state index >= 15 is 0 Å². The third kappa shape index (κ3) is 7.29. The van der Waals surface area contributed by atoms with E-state index in [0.29, 0.717) is 18.5 Å². The molecule has 0 spiro atoms. The van der Waals surface area contributed by atoms with E-state index in [0.717, 1.165) is 44.9 Å². The number of carbonyl (C=O) groups is 2. The first kappa shape index (κ1) is 34.3. The average molecular weight is 643 g/mol. The molecule has 3 unspecified atom stereocenters. The number of aliphatic hydroxyl groups is 3. The number of H-pyrrole nitrogens is 1. The van der Waals surface area contributed by atoms with E-state index < -0.39 is 24.1 Å². The van der Waals surface area contributed by atoms with E-state index in [4.69, 9.17) is 0 Å². The summed E-state index contributed by atoms with van der Waals surface area (Å²) in [5, 5.41) is 59.4. The van der Waals surface area contributed by atoms with Crippen molar-refractivity contribution in [1.29, 1.82) is 0 Å². The lowest BCUT2D eigenvalue weighted by Gasteiger charge is -2.23. The minimum atomic E-state index is -0.925. The maximum atomic E-state index is 11.6. The third-order valence-electron chi connectivity index (χ3n) is 9.54. The van der Waals surface area contributed by atoms with Gasteiger partial charge in [-0.3, -0.25) is 9.59 Å². The Morgan fingerprint density at radius 2 is 1.71 bits per heavy atom. The van der Waals surface area contributed by atoms with Crippen LogP contribution in [0.15, 0.2) is 46.7 Å². The van der Waals surface area contributed by atoms with Gasteiger partial charge in [-0.2, -0.15) is 12.6 Å². The summed E-state index contributed by atoms with van der Waals surface area (Å²) in [6.45, 7) is 11.5. The predicted octanol–water partition coefficient (Wildman–Crippen LogP) is 3.59. The summed E-state index contributed by atoms with van der Waals surface area (Å²) in [6.07, 6.45) is 5.66. The number of carboxylic acids is 2. The van der Waals surface area contributed by atoms with Crippen LogP contribution in [-0.2, 0) is 16.0 Å². The lowest BCUT2D eigenvalue weighted by atomic mass is 9.90. The van der Waals surface area contributed by atoms with Crippen molar-refractivity contribution in [3.63, 3.8) is 0 Å². The highest BCUT2D eigenvalue weighted by Gasteiger charge is 2.40. The second-order valence-corrected chi connectivity index (χ2v) is 13.2. The van der Waals surface area contributed by atoms with Gasteiger partial charge in [-0.15, -0.1) is 0 Å². The molecule has 0 amide bonds. The monoisotopic (exact) mass is 642 g/mol. The third-order valence-corrected chi connectivity index (χ3v) is 9.86. The first-order valence-corrected chi connectivity index (χ1v) is 15.9. The van der Waals surface area contributed by atoms with Gasteiger partial charge >= 0.3 is 11.9 Å². The zero-order valence-corrected chi connectivity index (χ0v) is 27.1. The molecule has 4 heterocycles. The molecule has 0 aromatic carbocycles. The molecule has 1 saturated heterocycles. The maximum absolute atomic E-state index is 11.6. The molecule has 3 aliphatic heterocycles. The molecule has 45 heavy (non-hydrogen) atoms. The zero-order valence-electron chi connectivity index (χ0n) is 26.2. The van der Waals surface area contributed by atoms with Crippen molar-refractivity contribution in [2.24, 2.45) is 17.8 Å². The average Bonchev–Trinajstić information content (AvgIpc) is 3.63. The molecule has 1 aromatic rings. The Morgan fingerprint density at radius 1 is 1.04 bits per heavy atom. The van der Waals surface area contributed by atoms with Gasteiger partial charge in [-0.1, -0.05) is 26.5 Å². The molecule has 0 radical (unpaired) electrons. The molecule has 246 valence electrons. The van der Waals surface area contributed by atoms with E-state index in [1.54, 1.807) is 6.08 Å². The number of allylic oxidation sites excluding steroid dienone is 3. The van der Waals surface area contributed by atoms with Crippen LogP contribution in [0.4, 0.5) is 0 Å². The first-order valence-electron chi connectivity index (χ1n) is 15.4. The molecule has 4 rings (SSSR count). The molecule has 0 bridgehead atoms. The summed E-state index contributed by atoms with van der Waals surface area (Å²) in [5.41, 5.74) is 7.28. The van der Waals surface area contributed by atoms with Crippen molar-refractivity contribution in [2.75, 3.05) is 6.61 Å². The SMILES string of the molecule is C=CC1=C(O)N[C@H](CC2N/C(=C\c3[nH]c(/C=C4\NC(O)[C@H](CO)[C@H]4[C@@H](C)S)c(C)c3CCC(=O)O)C(CCC(=O)O)=C2C)C1C. The molecule has 0 saturated carbocycles. The van der Waals surface area contributed by atoms with Gasteiger partial charge in [0.15, 0.2) is 5.88 Å². The van der Waals surface area contributed by atoms with E-state index in [9.17, 15) is 35.1 Å². The highest BCUT2D eigenvalue weighted by molar-refractivity contribution is 7.80. The number of nitrogens with one attached hydrogen (secondary N) is 4. The number of hydrogen-bond donors (Lipinski definition) is 10. The largest absolute Gasteiger partial charge is 0.495 e. The van der Waals surface area contributed by atoms with Gasteiger partial charge in [0.05, 0.1) is 6.61 Å². The Bertz CT molecular complexity index is 1460. The second-order valence-electron chi connectivity index (χ2n) is 12.3. The van der Waals surface area contributed by atoms with Gasteiger partial charge in [-0.05, 0) is 67.5 Å². The fourth-order valence-corrected chi connectivity index (χ4v) is 7.30. The van der Waals surface area contributed by atoms with Crippen molar-refractivity contribution in [1.82, 2.24) is 20.9 Å². The molecular weight excluding hydrogens is 596 g/mol. The summed E-state index contributed by atoms with van der Waals surface area (Å²) in [6, 6.07) is -0.170. The second kappa shape index (κ2) is 14.2. The van der Waals surface area contributed by atoms with Gasteiger partial charge in [0.25, 0.3) is 0 Å². The minimum absolute atomic E-state index is 0.0359. The van der Waals surface area contributed by atoms with Crippen molar-refractivity contribution in [3.8, 4) is 0 Å². The van der Waals surface area contributed by atoms with Crippen LogP contribution in [0.3, 0.4) is 0 Å². The lowest BCUT2D eigenvalue weighted by Crippen LogP contribution is -2.36. The predicted molar refractivity (Wildman–Crippen MR) is 176 cm³/mol. The van der Waals surface area contributed by atoms with E-state index in [1.807, 2.05) is 39.8 Å². The number of carboxylic acid groups (broad SMARTS) is 2. The molecule has 9 N–H and O–H groups in total. The first-order chi connectivity index (χ1) is 21.3. The highest BCUT2D eigenvalue weighted by Crippen LogP contribution is 2.38. The number of aromatic amines is 1. The van der Waals surface area contributed by atoms with Crippen LogP contribution in [0, 0.1) is 24.7 Å². The molecular formula is C33H46N4O7S. The van der Waals surface area contributed by atoms with Gasteiger partial charge < -0.3 is 46.5 Å². The number of aliphatic hydroxyl groups excluding tert-OH is 3. The summed E-state index contributed by atoms with van der Waals surface area (Å²) in [7, 11) is 0. The van der Waals surface area contributed by atoms with Crippen LogP contribution >= 0.6 is 12.6 Å². The van der Waals surface area contributed by atoms with Gasteiger partial charge in [0.1, 0.15) is 6.23 Å². The van der Waals surface area contributed by atoms with Crippen molar-refractivity contribution >= 4 is 36.7 Å². The molecule has 11 nitrogen and oxygen atoms in total. The van der Waals surface area contributed by atoms with Gasteiger partial charge in [0.2, 0.25) is 0 Å². The standard InChI is InChI=1S/C33H46N4O7S/c1-6-19-15(2)25(36-32(19)43)11-23-16(3)20(7-9-29(39)40)26(34-23)13-27-21(8-10-30(41)42)17(4)24(35-27)12-28-31(18(5)45)22(14-38)33(44)37-28/h6,12-13,15,18,22-23,25,31,33-38,43-45H,1,7-11,14H2,2-5H3,(H,39,40)(H,41,42)/b26-13-,28-12-/t15?,18-,22-,23?,25-,31-,33?/m1/s1. The van der Waals surface area contributed by atoms with Crippen LogP contribution in [-0.4, -0.2) is 72.6 Å². The quantitative estimate of drug-likeness (QED) is 0.143. The van der Waals surface area contributed by atoms with E-state index in [1.165, 1.54) is 0 Å². The number of aromatic nitrogens is 1. The highest BCUT2D eigenvalue weighted by atomic mass is 32.1. The Kier molecular flexibility index (Phi) is 10.8. The van der Waals surface area contributed by atoms with Crippen LogP contribution in [0.25, 0.3) is 12.2 Å². The molecule has 7 atom stereocenters. The maximum Gasteiger partial charge on any atom is 0.303 e. The fourth-order valence-electron chi connectivity index (χ4n) is 6.92. The lowest BCUT2D eigenvalue weighted by molar-refractivity contribution is -0.138. The number of rotatable bonds is 13. The Labute approximate surface area is 269 Å². The molecule has 1 fully saturated rings. The summed E-state index contributed by atoms with van der Waals surface area (Å²) in [4.78, 5) is 26.6. The minimum Gasteiger partial charge on any atom is -0.495 e. The van der Waals surface area contributed by atoms with Crippen molar-refractivity contribution in [3.05, 3.63) is 69.2 Å². The molecule has 0 aliphatic carbocycles. The summed E-state index contributed by atoms with van der Waals surface area (Å²) < 4.78 is 0. The van der Waals surface area contributed by atoms with Crippen LogP contribution in [0.1, 0.15) is 69.0 Å². The Morgan fingerprint density at radius 3 is 2.29 bits per heavy atom. The Balaban J connectivity index is 1.73. The van der Waals surface area contributed by atoms with Crippen molar-refractivity contribution in [2.45, 2.75) is 83.4 Å². The smallest absolute Gasteiger partial charge is 0.303 e. The topological polar surface area (TPSA) is 187 Å². The number of hydrogen-bond acceptors (Lipinski definition) is 9. The Hall–Kier alpha value is -3.61. The summed E-state index contributed by atoms with van der Waals surface area (Å²) in [5.74, 6) is -2.31. The van der Waals surface area contributed by atoms with Crippen molar-refractivity contribution < 1.29 is 35.1 Å². The fraction of sp³-hybridized carbons (Fsp3) is 0.515. The number of aliphatic carboxylic acids is 2. The van der Waals surface area contributed by atoms with E-state index in [2.05, 4.69) is 40.1 Å².